The molecule has 6 heteroatoms. The van der Waals surface area contributed by atoms with Crippen LogP contribution in [0.5, 0.6) is 0 Å². The molecule has 0 heterocycles. The SMILES string of the molecule is CCCCCCCCCOP(=O)([O-])O.[Na+]. The molecule has 15 heavy (non-hydrogen) atoms. The molecule has 0 bridgehead atoms. The predicted molar refractivity (Wildman–Crippen MR) is 53.8 cm³/mol. The molecule has 0 aromatic carbocycles. The van der Waals surface area contributed by atoms with Gasteiger partial charge in [0.1, 0.15) is 0 Å². The number of hydrogen-bond acceptors (Lipinski definition) is 3. The molecule has 0 aromatic rings. The molecule has 0 radical (unpaired) electrons. The molecule has 0 aliphatic heterocycles. The quantitative estimate of drug-likeness (QED) is 0.329. The van der Waals surface area contributed by atoms with Gasteiger partial charge in [-0.25, -0.2) is 0 Å². The summed E-state index contributed by atoms with van der Waals surface area (Å²) in [6.45, 7) is 2.27. The maximum atomic E-state index is 10.2. The normalized spacial score (nSPS) is 14.3. The standard InChI is InChI=1S/C9H21O4P.Na/c1-2-3-4-5-6-7-8-9-13-14(10,11)12;/h2-9H2,1H3,(H2,10,11,12);/q;+1/p-1. The van der Waals surface area contributed by atoms with Crippen molar-refractivity contribution < 1.29 is 48.4 Å². The van der Waals surface area contributed by atoms with Gasteiger partial charge in [0.05, 0.1) is 6.61 Å². The monoisotopic (exact) mass is 246 g/mol. The molecule has 0 rings (SSSR count). The second-order valence-electron chi connectivity index (χ2n) is 3.42. The van der Waals surface area contributed by atoms with Crippen molar-refractivity contribution in [2.45, 2.75) is 51.9 Å². The minimum absolute atomic E-state index is 0. The Hall–Kier alpha value is 1.11. The average molecular weight is 246 g/mol. The summed E-state index contributed by atoms with van der Waals surface area (Å²) in [5.41, 5.74) is 0. The fourth-order valence-corrected chi connectivity index (χ4v) is 1.60. The summed E-state index contributed by atoms with van der Waals surface area (Å²) < 4.78 is 14.4. The Morgan fingerprint density at radius 2 is 1.60 bits per heavy atom. The summed E-state index contributed by atoms with van der Waals surface area (Å²) in [5, 5.41) is 0. The summed E-state index contributed by atoms with van der Waals surface area (Å²) in [4.78, 5) is 18.4. The van der Waals surface area contributed by atoms with Crippen LogP contribution in [0.15, 0.2) is 0 Å². The fraction of sp³-hybridized carbons (Fsp3) is 1.00. The van der Waals surface area contributed by atoms with E-state index in [1.165, 1.54) is 25.7 Å². The van der Waals surface area contributed by atoms with Crippen LogP contribution in [-0.4, -0.2) is 11.5 Å². The number of rotatable bonds is 9. The Kier molecular flexibility index (Phi) is 14.3. The van der Waals surface area contributed by atoms with Gasteiger partial charge < -0.3 is 14.3 Å². The molecule has 0 saturated carbocycles. The van der Waals surface area contributed by atoms with Crippen LogP contribution in [0.25, 0.3) is 0 Å². The number of hydrogen-bond donors (Lipinski definition) is 1. The Morgan fingerprint density at radius 1 is 1.13 bits per heavy atom. The summed E-state index contributed by atoms with van der Waals surface area (Å²) in [6.07, 6.45) is 7.70. The molecule has 0 fully saturated rings. The first kappa shape index (κ1) is 18.5. The molecule has 0 saturated heterocycles. The first-order valence-corrected chi connectivity index (χ1v) is 6.74. The van der Waals surface area contributed by atoms with Crippen LogP contribution in [0.3, 0.4) is 0 Å². The Morgan fingerprint density at radius 3 is 2.07 bits per heavy atom. The van der Waals surface area contributed by atoms with E-state index >= 15 is 0 Å². The van der Waals surface area contributed by atoms with Gasteiger partial charge in [-0.05, 0) is 6.42 Å². The molecule has 1 unspecified atom stereocenters. The predicted octanol–water partition coefficient (Wildman–Crippen LogP) is -0.782. The third-order valence-corrected chi connectivity index (χ3v) is 2.51. The van der Waals surface area contributed by atoms with E-state index in [9.17, 15) is 9.46 Å². The zero-order valence-corrected chi connectivity index (χ0v) is 12.7. The summed E-state index contributed by atoms with van der Waals surface area (Å²) in [7, 11) is -4.48. The fourth-order valence-electron chi connectivity index (χ4n) is 1.24. The number of phosphoric acid groups is 1. The zero-order chi connectivity index (χ0) is 10.9. The molecule has 4 nitrogen and oxygen atoms in total. The van der Waals surface area contributed by atoms with Crippen molar-refractivity contribution in [2.75, 3.05) is 6.61 Å². The molecule has 1 atom stereocenters. The van der Waals surface area contributed by atoms with Crippen LogP contribution in [-0.2, 0) is 9.09 Å². The van der Waals surface area contributed by atoms with E-state index < -0.39 is 7.82 Å². The summed E-state index contributed by atoms with van der Waals surface area (Å²) in [6, 6.07) is 0. The van der Waals surface area contributed by atoms with Crippen molar-refractivity contribution >= 4 is 7.82 Å². The second-order valence-corrected chi connectivity index (χ2v) is 4.62. The van der Waals surface area contributed by atoms with Gasteiger partial charge in [-0.15, -0.1) is 0 Å². The first-order valence-electron chi connectivity index (χ1n) is 5.24. The van der Waals surface area contributed by atoms with Crippen molar-refractivity contribution in [3.05, 3.63) is 0 Å². The molecule has 86 valence electrons. The van der Waals surface area contributed by atoms with Gasteiger partial charge in [0.15, 0.2) is 0 Å². The molecular formula is C9H20NaO4P. The van der Waals surface area contributed by atoms with Crippen LogP contribution in [0.4, 0.5) is 0 Å². The first-order chi connectivity index (χ1) is 6.56. The zero-order valence-electron chi connectivity index (χ0n) is 9.78. The van der Waals surface area contributed by atoms with Gasteiger partial charge in [0, 0.05) is 0 Å². The second kappa shape index (κ2) is 11.6. The van der Waals surface area contributed by atoms with Crippen LogP contribution >= 0.6 is 7.82 Å². The van der Waals surface area contributed by atoms with E-state index in [0.717, 1.165) is 12.8 Å². The van der Waals surface area contributed by atoms with E-state index in [4.69, 9.17) is 4.89 Å². The van der Waals surface area contributed by atoms with Crippen molar-refractivity contribution in [3.8, 4) is 0 Å². The van der Waals surface area contributed by atoms with Crippen LogP contribution in [0.2, 0.25) is 0 Å². The van der Waals surface area contributed by atoms with E-state index in [0.29, 0.717) is 6.42 Å². The molecule has 0 aliphatic rings. The Labute approximate surface area is 114 Å². The van der Waals surface area contributed by atoms with Crippen molar-refractivity contribution in [3.63, 3.8) is 0 Å². The number of unbranched alkanes of at least 4 members (excludes halogenated alkanes) is 6. The maximum absolute atomic E-state index is 10.2. The van der Waals surface area contributed by atoms with Crippen molar-refractivity contribution in [1.82, 2.24) is 0 Å². The van der Waals surface area contributed by atoms with Gasteiger partial charge in [0.2, 0.25) is 0 Å². The Bertz CT molecular complexity index is 171. The minimum atomic E-state index is -4.48. The minimum Gasteiger partial charge on any atom is -0.756 e. The van der Waals surface area contributed by atoms with Crippen molar-refractivity contribution in [2.24, 2.45) is 0 Å². The molecular weight excluding hydrogens is 226 g/mol. The van der Waals surface area contributed by atoms with Gasteiger partial charge in [0.25, 0.3) is 7.82 Å². The van der Waals surface area contributed by atoms with E-state index in [1.807, 2.05) is 0 Å². The smallest absolute Gasteiger partial charge is 0.756 e. The van der Waals surface area contributed by atoms with E-state index in [-0.39, 0.29) is 36.2 Å². The van der Waals surface area contributed by atoms with E-state index in [2.05, 4.69) is 11.4 Å². The molecule has 0 spiro atoms. The molecule has 0 amide bonds. The van der Waals surface area contributed by atoms with Crippen molar-refractivity contribution in [1.29, 1.82) is 0 Å². The van der Waals surface area contributed by atoms with Crippen LogP contribution < -0.4 is 34.5 Å². The average Bonchev–Trinajstić information content (AvgIpc) is 2.08. The molecule has 0 aliphatic carbocycles. The largest absolute Gasteiger partial charge is 1.00 e. The molecule has 1 N–H and O–H groups in total. The maximum Gasteiger partial charge on any atom is 1.00 e. The number of phosphoric ester groups is 1. The van der Waals surface area contributed by atoms with Gasteiger partial charge in [-0.3, -0.25) is 4.57 Å². The van der Waals surface area contributed by atoms with Gasteiger partial charge >= 0.3 is 29.6 Å². The molecule has 0 aromatic heterocycles. The van der Waals surface area contributed by atoms with Gasteiger partial charge in [-0.2, -0.15) is 0 Å². The summed E-state index contributed by atoms with van der Waals surface area (Å²) in [5.74, 6) is 0. The van der Waals surface area contributed by atoms with Gasteiger partial charge in [-0.1, -0.05) is 45.4 Å². The van der Waals surface area contributed by atoms with Crippen LogP contribution in [0, 0.1) is 0 Å². The summed E-state index contributed by atoms with van der Waals surface area (Å²) >= 11 is 0. The van der Waals surface area contributed by atoms with Crippen LogP contribution in [0.1, 0.15) is 51.9 Å². The third-order valence-electron chi connectivity index (χ3n) is 2.00. The van der Waals surface area contributed by atoms with E-state index in [1.54, 1.807) is 0 Å². The topological polar surface area (TPSA) is 69.6 Å². The third kappa shape index (κ3) is 17.7. The Balaban J connectivity index is 0.